The van der Waals surface area contributed by atoms with Crippen molar-refractivity contribution in [3.8, 4) is 0 Å². The maximum Gasteiger partial charge on any atom is 0.192 e. The van der Waals surface area contributed by atoms with Gasteiger partial charge in [0.2, 0.25) is 0 Å². The van der Waals surface area contributed by atoms with Crippen molar-refractivity contribution in [1.82, 2.24) is 0 Å². The number of hydrogen-bond acceptors (Lipinski definition) is 5. The van der Waals surface area contributed by atoms with Crippen molar-refractivity contribution in [2.24, 2.45) is 0 Å². The van der Waals surface area contributed by atoms with E-state index in [1.54, 1.807) is 0 Å². The molecule has 1 aliphatic heterocycles. The van der Waals surface area contributed by atoms with E-state index in [0.29, 0.717) is 32.8 Å². The van der Waals surface area contributed by atoms with Crippen molar-refractivity contribution in [3.05, 3.63) is 108 Å². The molecule has 0 amide bonds. The van der Waals surface area contributed by atoms with E-state index in [1.807, 2.05) is 97.9 Å². The summed E-state index contributed by atoms with van der Waals surface area (Å²) in [4.78, 5) is 13.3. The molecule has 3 aromatic carbocycles. The maximum atomic E-state index is 13.3. The van der Waals surface area contributed by atoms with Gasteiger partial charge in [0, 0.05) is 0 Å². The lowest BCUT2D eigenvalue weighted by Crippen LogP contribution is -2.58. The minimum absolute atomic E-state index is 0.0733. The lowest BCUT2D eigenvalue weighted by molar-refractivity contribution is -0.214. The van der Waals surface area contributed by atoms with Gasteiger partial charge >= 0.3 is 0 Å². The van der Waals surface area contributed by atoms with Gasteiger partial charge in [0.15, 0.2) is 5.78 Å². The predicted octanol–water partition coefficient (Wildman–Crippen LogP) is 5.12. The third-order valence-electron chi connectivity index (χ3n) is 5.92. The molecule has 0 bridgehead atoms. The number of carbonyl (C=O) groups excluding carboxylic acids is 1. The van der Waals surface area contributed by atoms with Crippen molar-refractivity contribution in [3.63, 3.8) is 0 Å². The second-order valence-corrected chi connectivity index (χ2v) is 8.45. The highest BCUT2D eigenvalue weighted by atomic mass is 16.6. The van der Waals surface area contributed by atoms with E-state index < -0.39 is 24.4 Å². The van der Waals surface area contributed by atoms with Gasteiger partial charge in [-0.25, -0.2) is 0 Å². The number of rotatable bonds is 11. The molecule has 3 aromatic rings. The molecule has 4 rings (SSSR count). The zero-order chi connectivity index (χ0) is 23.6. The molecule has 0 saturated carbocycles. The number of ketones is 1. The van der Waals surface area contributed by atoms with Gasteiger partial charge in [0.25, 0.3) is 0 Å². The van der Waals surface area contributed by atoms with E-state index >= 15 is 0 Å². The fraction of sp³-hybridized carbons (Fsp3) is 0.345. The van der Waals surface area contributed by atoms with Crippen LogP contribution in [0.2, 0.25) is 0 Å². The Labute approximate surface area is 201 Å². The first-order valence-corrected chi connectivity index (χ1v) is 11.9. The molecule has 0 aromatic heterocycles. The normalized spacial score (nSPS) is 22.6. The Balaban J connectivity index is 1.49. The summed E-state index contributed by atoms with van der Waals surface area (Å²) in [6, 6.07) is 29.8. The predicted molar refractivity (Wildman–Crippen MR) is 130 cm³/mol. The summed E-state index contributed by atoms with van der Waals surface area (Å²) in [5.41, 5.74) is 3.12. The number of benzene rings is 3. The Morgan fingerprint density at radius 1 is 0.706 bits per heavy atom. The molecule has 0 unspecified atom stereocenters. The summed E-state index contributed by atoms with van der Waals surface area (Å²) in [5.74, 6) is -0.0733. The number of hydrogen-bond donors (Lipinski definition) is 0. The van der Waals surface area contributed by atoms with Gasteiger partial charge in [-0.3, -0.25) is 4.79 Å². The van der Waals surface area contributed by atoms with Crippen LogP contribution in [-0.2, 0) is 43.6 Å². The fourth-order valence-electron chi connectivity index (χ4n) is 4.09. The highest BCUT2D eigenvalue weighted by Gasteiger charge is 2.46. The summed E-state index contributed by atoms with van der Waals surface area (Å²) in [5, 5.41) is 0. The molecular weight excluding hydrogens is 428 g/mol. The quantitative estimate of drug-likeness (QED) is 0.398. The Morgan fingerprint density at radius 3 is 1.74 bits per heavy atom. The summed E-state index contributed by atoms with van der Waals surface area (Å²) < 4.78 is 24.7. The maximum absolute atomic E-state index is 13.3. The van der Waals surface area contributed by atoms with E-state index in [4.69, 9.17) is 18.9 Å². The summed E-state index contributed by atoms with van der Waals surface area (Å²) in [7, 11) is 0. The van der Waals surface area contributed by atoms with Crippen LogP contribution in [-0.4, -0.2) is 36.8 Å². The topological polar surface area (TPSA) is 54.0 Å². The first-order chi connectivity index (χ1) is 16.7. The van der Waals surface area contributed by atoms with Crippen LogP contribution >= 0.6 is 0 Å². The van der Waals surface area contributed by atoms with Crippen LogP contribution in [0.5, 0.6) is 0 Å². The van der Waals surface area contributed by atoms with Gasteiger partial charge in [-0.1, -0.05) is 97.9 Å². The van der Waals surface area contributed by atoms with Crippen LogP contribution in [0, 0.1) is 0 Å². The Hall–Kier alpha value is -2.83. The Kier molecular flexibility index (Phi) is 8.99. The highest BCUT2D eigenvalue weighted by molar-refractivity contribution is 5.88. The van der Waals surface area contributed by atoms with Gasteiger partial charge in [0.1, 0.15) is 24.4 Å². The van der Waals surface area contributed by atoms with E-state index in [0.717, 1.165) is 16.7 Å². The zero-order valence-electron chi connectivity index (χ0n) is 19.5. The van der Waals surface area contributed by atoms with Crippen molar-refractivity contribution >= 4 is 5.78 Å². The van der Waals surface area contributed by atoms with Crippen LogP contribution in [0.4, 0.5) is 0 Å². The average Bonchev–Trinajstić information content (AvgIpc) is 2.89. The Bertz CT molecular complexity index is 993. The minimum Gasteiger partial charge on any atom is -0.374 e. The fourth-order valence-corrected chi connectivity index (χ4v) is 4.09. The number of Topliss-reactive ketones (excluding diaryl/α,β-unsaturated/α-hetero) is 1. The van der Waals surface area contributed by atoms with Crippen LogP contribution in [0.15, 0.2) is 91.0 Å². The third kappa shape index (κ3) is 6.61. The molecule has 5 heteroatoms. The molecule has 5 nitrogen and oxygen atoms in total. The average molecular weight is 461 g/mol. The second-order valence-electron chi connectivity index (χ2n) is 8.45. The van der Waals surface area contributed by atoms with Gasteiger partial charge in [-0.2, -0.15) is 0 Å². The third-order valence-corrected chi connectivity index (χ3v) is 5.92. The smallest absolute Gasteiger partial charge is 0.192 e. The number of carbonyl (C=O) groups is 1. The van der Waals surface area contributed by atoms with Gasteiger partial charge in [-0.05, 0) is 23.1 Å². The van der Waals surface area contributed by atoms with E-state index in [-0.39, 0.29) is 5.78 Å². The SMILES string of the molecule is CC[C@@H]1O[C@H](COCc2ccccc2)[C@@H](OCc2ccccc2)[C@H](OCc2ccccc2)C1=O. The molecule has 1 saturated heterocycles. The molecule has 34 heavy (non-hydrogen) atoms. The van der Waals surface area contributed by atoms with Crippen LogP contribution < -0.4 is 0 Å². The van der Waals surface area contributed by atoms with E-state index in [2.05, 4.69) is 0 Å². The van der Waals surface area contributed by atoms with Crippen molar-refractivity contribution in [2.75, 3.05) is 6.61 Å². The van der Waals surface area contributed by atoms with Crippen LogP contribution in [0.1, 0.15) is 30.0 Å². The zero-order valence-corrected chi connectivity index (χ0v) is 19.5. The largest absolute Gasteiger partial charge is 0.374 e. The van der Waals surface area contributed by atoms with E-state index in [1.165, 1.54) is 0 Å². The molecule has 0 aliphatic carbocycles. The standard InChI is InChI=1S/C29H32O5/c1-2-25-27(30)29(33-20-24-16-10-5-11-17-24)28(32-19-23-14-8-4-9-15-23)26(34-25)21-31-18-22-12-6-3-7-13-22/h3-17,25-26,28-29H,2,18-21H2,1H3/t25-,26+,28+,29+/m0/s1. The van der Waals surface area contributed by atoms with Crippen molar-refractivity contribution in [1.29, 1.82) is 0 Å². The first kappa shape index (κ1) is 24.3. The molecule has 1 fully saturated rings. The Morgan fingerprint density at radius 2 is 1.21 bits per heavy atom. The molecule has 1 heterocycles. The lowest BCUT2D eigenvalue weighted by Gasteiger charge is -2.40. The van der Waals surface area contributed by atoms with E-state index in [9.17, 15) is 4.79 Å². The van der Waals surface area contributed by atoms with Gasteiger partial charge in [-0.15, -0.1) is 0 Å². The lowest BCUT2D eigenvalue weighted by atomic mass is 9.94. The van der Waals surface area contributed by atoms with Crippen molar-refractivity contribution < 1.29 is 23.7 Å². The highest BCUT2D eigenvalue weighted by Crippen LogP contribution is 2.27. The molecule has 0 spiro atoms. The summed E-state index contributed by atoms with van der Waals surface area (Å²) in [6.45, 7) is 3.41. The molecule has 1 aliphatic rings. The minimum atomic E-state index is -0.729. The molecule has 4 atom stereocenters. The van der Waals surface area contributed by atoms with Crippen LogP contribution in [0.25, 0.3) is 0 Å². The molecule has 0 N–H and O–H groups in total. The van der Waals surface area contributed by atoms with Gasteiger partial charge in [0.05, 0.1) is 26.4 Å². The second kappa shape index (κ2) is 12.6. The summed E-state index contributed by atoms with van der Waals surface area (Å²) >= 11 is 0. The first-order valence-electron chi connectivity index (χ1n) is 11.9. The van der Waals surface area contributed by atoms with Crippen LogP contribution in [0.3, 0.4) is 0 Å². The number of ether oxygens (including phenoxy) is 4. The molecule has 0 radical (unpaired) electrons. The molecular formula is C29H32O5. The van der Waals surface area contributed by atoms with Gasteiger partial charge < -0.3 is 18.9 Å². The molecule has 178 valence electrons. The summed E-state index contributed by atoms with van der Waals surface area (Å²) in [6.07, 6.45) is -1.69. The monoisotopic (exact) mass is 460 g/mol. The van der Waals surface area contributed by atoms with Crippen molar-refractivity contribution in [2.45, 2.75) is 57.6 Å².